The number of nitrogens with one attached hydrogen (secondary N) is 1. The van der Waals surface area contributed by atoms with Gasteiger partial charge >= 0.3 is 5.97 Å². The van der Waals surface area contributed by atoms with Gasteiger partial charge in [-0.25, -0.2) is 9.78 Å². The maximum absolute atomic E-state index is 11.2. The van der Waals surface area contributed by atoms with Crippen molar-refractivity contribution in [1.82, 2.24) is 9.97 Å². The van der Waals surface area contributed by atoms with Crippen molar-refractivity contribution in [2.24, 2.45) is 5.73 Å². The number of aromatic amines is 1. The van der Waals surface area contributed by atoms with E-state index in [0.717, 1.165) is 0 Å². The maximum atomic E-state index is 11.2. The number of esters is 1. The van der Waals surface area contributed by atoms with E-state index in [1.165, 1.54) is 7.11 Å². The van der Waals surface area contributed by atoms with Gasteiger partial charge in [-0.05, 0) is 18.2 Å². The molecule has 0 saturated carbocycles. The number of benzene rings is 1. The van der Waals surface area contributed by atoms with Crippen LogP contribution in [0, 0.1) is 0 Å². The van der Waals surface area contributed by atoms with Gasteiger partial charge in [0.2, 0.25) is 0 Å². The molecule has 0 atom stereocenters. The smallest absolute Gasteiger partial charge is 0.337 e. The highest BCUT2D eigenvalue weighted by molar-refractivity contribution is 5.96. The van der Waals surface area contributed by atoms with Crippen LogP contribution in [0.4, 0.5) is 0 Å². The molecule has 3 N–H and O–H groups in total. The Morgan fingerprint density at radius 1 is 1.44 bits per heavy atom. The molecule has 1 aromatic carbocycles. The van der Waals surface area contributed by atoms with Crippen LogP contribution in [-0.4, -0.2) is 29.0 Å². The Morgan fingerprint density at radius 2 is 2.19 bits per heavy atom. The van der Waals surface area contributed by atoms with Crippen LogP contribution in [0.5, 0.6) is 0 Å². The molecular formula is C10H9N3O3. The summed E-state index contributed by atoms with van der Waals surface area (Å²) in [6.45, 7) is 0. The van der Waals surface area contributed by atoms with Gasteiger partial charge in [0.05, 0.1) is 23.7 Å². The largest absolute Gasteiger partial charge is 0.465 e. The van der Waals surface area contributed by atoms with Gasteiger partial charge in [0.25, 0.3) is 5.91 Å². The van der Waals surface area contributed by atoms with Crippen molar-refractivity contribution in [2.75, 3.05) is 7.11 Å². The third kappa shape index (κ3) is 1.60. The molecule has 0 spiro atoms. The third-order valence-corrected chi connectivity index (χ3v) is 2.14. The molecule has 2 rings (SSSR count). The summed E-state index contributed by atoms with van der Waals surface area (Å²) in [7, 11) is 1.30. The van der Waals surface area contributed by atoms with Crippen LogP contribution in [-0.2, 0) is 4.74 Å². The van der Waals surface area contributed by atoms with Gasteiger partial charge in [-0.3, -0.25) is 4.79 Å². The van der Waals surface area contributed by atoms with E-state index in [1.54, 1.807) is 18.2 Å². The monoisotopic (exact) mass is 219 g/mol. The van der Waals surface area contributed by atoms with E-state index in [-0.39, 0.29) is 5.82 Å². The lowest BCUT2D eigenvalue weighted by Gasteiger charge is -1.97. The van der Waals surface area contributed by atoms with Gasteiger partial charge in [-0.1, -0.05) is 0 Å². The minimum atomic E-state index is -0.643. The second kappa shape index (κ2) is 3.65. The Morgan fingerprint density at radius 3 is 2.81 bits per heavy atom. The number of nitrogens with zero attached hydrogens (tertiary/aromatic N) is 1. The Kier molecular flexibility index (Phi) is 2.32. The number of hydrogen-bond acceptors (Lipinski definition) is 4. The number of fused-ring (bicyclic) bond motifs is 1. The summed E-state index contributed by atoms with van der Waals surface area (Å²) in [5, 5.41) is 0. The summed E-state index contributed by atoms with van der Waals surface area (Å²) in [5.41, 5.74) is 6.60. The molecule has 0 saturated heterocycles. The van der Waals surface area contributed by atoms with E-state index < -0.39 is 11.9 Å². The zero-order valence-corrected chi connectivity index (χ0v) is 8.48. The lowest BCUT2D eigenvalue weighted by atomic mass is 10.2. The van der Waals surface area contributed by atoms with E-state index in [4.69, 9.17) is 5.73 Å². The quantitative estimate of drug-likeness (QED) is 0.716. The average molecular weight is 219 g/mol. The molecule has 0 radical (unpaired) electrons. The van der Waals surface area contributed by atoms with Crippen LogP contribution in [0.2, 0.25) is 0 Å². The number of hydrogen-bond donors (Lipinski definition) is 2. The van der Waals surface area contributed by atoms with Crippen LogP contribution in [0.1, 0.15) is 21.0 Å². The molecule has 1 amide bonds. The highest BCUT2D eigenvalue weighted by Crippen LogP contribution is 2.14. The summed E-state index contributed by atoms with van der Waals surface area (Å²) in [6.07, 6.45) is 0. The van der Waals surface area contributed by atoms with Gasteiger partial charge < -0.3 is 15.5 Å². The zero-order chi connectivity index (χ0) is 11.7. The minimum Gasteiger partial charge on any atom is -0.465 e. The van der Waals surface area contributed by atoms with Crippen molar-refractivity contribution in [3.63, 3.8) is 0 Å². The lowest BCUT2D eigenvalue weighted by Crippen LogP contribution is -2.12. The summed E-state index contributed by atoms with van der Waals surface area (Å²) in [4.78, 5) is 28.8. The Hall–Kier alpha value is -2.37. The SMILES string of the molecule is COC(=O)c1ccc2nc(C(N)=O)[nH]c2c1. The highest BCUT2D eigenvalue weighted by atomic mass is 16.5. The first-order valence-electron chi connectivity index (χ1n) is 4.49. The summed E-state index contributed by atoms with van der Waals surface area (Å²) in [6, 6.07) is 4.74. The number of aromatic nitrogens is 2. The standard InChI is InChI=1S/C10H9N3O3/c1-16-10(15)5-2-3-6-7(4-5)13-9(12-6)8(11)14/h2-4H,1H3,(H2,11,14)(H,12,13). The minimum absolute atomic E-state index is 0.0667. The number of rotatable bonds is 2. The molecule has 2 aromatic rings. The topological polar surface area (TPSA) is 98.1 Å². The molecule has 0 aliphatic heterocycles. The van der Waals surface area contributed by atoms with E-state index in [2.05, 4.69) is 14.7 Å². The van der Waals surface area contributed by atoms with Crippen LogP contribution in [0.15, 0.2) is 18.2 Å². The molecule has 1 aromatic heterocycles. The van der Waals surface area contributed by atoms with Crippen molar-refractivity contribution in [1.29, 1.82) is 0 Å². The van der Waals surface area contributed by atoms with Gasteiger partial charge in [0, 0.05) is 0 Å². The number of H-pyrrole nitrogens is 1. The number of primary amides is 1. The molecule has 16 heavy (non-hydrogen) atoms. The first-order chi connectivity index (χ1) is 7.61. The van der Waals surface area contributed by atoms with Gasteiger partial charge in [-0.15, -0.1) is 0 Å². The normalized spacial score (nSPS) is 10.3. The van der Waals surface area contributed by atoms with E-state index in [9.17, 15) is 9.59 Å². The van der Waals surface area contributed by atoms with E-state index in [0.29, 0.717) is 16.6 Å². The van der Waals surface area contributed by atoms with Crippen molar-refractivity contribution < 1.29 is 14.3 Å². The molecule has 0 fully saturated rings. The number of carbonyl (C=O) groups excluding carboxylic acids is 2. The average Bonchev–Trinajstić information content (AvgIpc) is 2.70. The second-order valence-electron chi connectivity index (χ2n) is 3.17. The lowest BCUT2D eigenvalue weighted by molar-refractivity contribution is 0.0600. The molecule has 0 unspecified atom stereocenters. The van der Waals surface area contributed by atoms with E-state index in [1.807, 2.05) is 0 Å². The van der Waals surface area contributed by atoms with Crippen molar-refractivity contribution in [3.8, 4) is 0 Å². The Balaban J connectivity index is 2.53. The fourth-order valence-electron chi connectivity index (χ4n) is 1.37. The number of amides is 1. The molecule has 0 bridgehead atoms. The van der Waals surface area contributed by atoms with Gasteiger partial charge in [-0.2, -0.15) is 0 Å². The molecule has 82 valence electrons. The number of methoxy groups -OCH3 is 1. The maximum Gasteiger partial charge on any atom is 0.337 e. The summed E-state index contributed by atoms with van der Waals surface area (Å²) in [5.74, 6) is -1.02. The first-order valence-corrected chi connectivity index (χ1v) is 4.49. The molecule has 6 nitrogen and oxygen atoms in total. The zero-order valence-electron chi connectivity index (χ0n) is 8.48. The van der Waals surface area contributed by atoms with Crippen LogP contribution in [0.3, 0.4) is 0 Å². The van der Waals surface area contributed by atoms with Gasteiger partial charge in [0.15, 0.2) is 5.82 Å². The molecular weight excluding hydrogens is 210 g/mol. The number of imidazole rings is 1. The highest BCUT2D eigenvalue weighted by Gasteiger charge is 2.10. The van der Waals surface area contributed by atoms with Crippen molar-refractivity contribution >= 4 is 22.9 Å². The fraction of sp³-hybridized carbons (Fsp3) is 0.100. The number of ether oxygens (including phenoxy) is 1. The third-order valence-electron chi connectivity index (χ3n) is 2.14. The van der Waals surface area contributed by atoms with Crippen molar-refractivity contribution in [2.45, 2.75) is 0 Å². The number of carbonyl (C=O) groups is 2. The summed E-state index contributed by atoms with van der Waals surface area (Å²) < 4.78 is 4.57. The number of nitrogens with two attached hydrogens (primary N) is 1. The van der Waals surface area contributed by atoms with Crippen LogP contribution in [0.25, 0.3) is 11.0 Å². The molecule has 0 aliphatic rings. The molecule has 1 heterocycles. The Bertz CT molecular complexity index is 574. The fourth-order valence-corrected chi connectivity index (χ4v) is 1.37. The predicted octanol–water partition coefficient (Wildman–Crippen LogP) is 0.448. The molecule has 6 heteroatoms. The second-order valence-corrected chi connectivity index (χ2v) is 3.17. The van der Waals surface area contributed by atoms with Crippen LogP contribution >= 0.6 is 0 Å². The summed E-state index contributed by atoms with van der Waals surface area (Å²) >= 11 is 0. The first kappa shape index (κ1) is 10.2. The van der Waals surface area contributed by atoms with Crippen molar-refractivity contribution in [3.05, 3.63) is 29.6 Å². The van der Waals surface area contributed by atoms with Crippen LogP contribution < -0.4 is 5.73 Å². The molecule has 0 aliphatic carbocycles. The Labute approximate surface area is 90.4 Å². The predicted molar refractivity (Wildman–Crippen MR) is 56.0 cm³/mol. The van der Waals surface area contributed by atoms with E-state index >= 15 is 0 Å². The van der Waals surface area contributed by atoms with Gasteiger partial charge in [0.1, 0.15) is 0 Å².